The number of alkyl halides is 2. The highest BCUT2D eigenvalue weighted by Gasteiger charge is 2.30. The lowest BCUT2D eigenvalue weighted by atomic mass is 9.96. The van der Waals surface area contributed by atoms with Crippen molar-refractivity contribution in [2.24, 2.45) is 5.73 Å². The number of hydrogen-bond acceptors (Lipinski definition) is 4. The highest BCUT2D eigenvalue weighted by Crippen LogP contribution is 2.22. The Hall–Kier alpha value is -1.54. The molecule has 0 radical (unpaired) electrons. The van der Waals surface area contributed by atoms with E-state index in [0.717, 1.165) is 19.3 Å². The van der Waals surface area contributed by atoms with Gasteiger partial charge in [-0.3, -0.25) is 4.79 Å². The fraction of sp³-hybridized carbons (Fsp3) is 0.562. The van der Waals surface area contributed by atoms with Crippen molar-refractivity contribution in [3.8, 4) is 0 Å². The van der Waals surface area contributed by atoms with Crippen LogP contribution in [0.15, 0.2) is 24.3 Å². The van der Waals surface area contributed by atoms with Gasteiger partial charge in [-0.1, -0.05) is 12.1 Å². The summed E-state index contributed by atoms with van der Waals surface area (Å²) >= 11 is 0. The number of carbonyl (C=O) groups excluding carboxylic acids is 1. The van der Waals surface area contributed by atoms with Crippen LogP contribution >= 0.6 is 0 Å². The predicted molar refractivity (Wildman–Crippen MR) is 87.4 cm³/mol. The normalized spacial score (nSPS) is 20.2. The van der Waals surface area contributed by atoms with E-state index in [0.29, 0.717) is 12.1 Å². The molecule has 1 amide bonds. The molecule has 1 aliphatic rings. The van der Waals surface area contributed by atoms with E-state index in [1.54, 1.807) is 4.90 Å². The molecule has 0 aliphatic carbocycles. The first-order valence-electron chi connectivity index (χ1n) is 7.87. The minimum Gasteiger partial charge on any atom is -0.334 e. The number of likely N-dealkylation sites (tertiary alicyclic amines) is 1. The molecule has 0 spiro atoms. The molecular weight excluding hydrogens is 338 g/mol. The van der Waals surface area contributed by atoms with Crippen LogP contribution in [0.4, 0.5) is 8.78 Å². The Morgan fingerprint density at radius 2 is 1.92 bits per heavy atom. The van der Waals surface area contributed by atoms with Crippen LogP contribution in [0.2, 0.25) is 0 Å². The molecule has 0 saturated carbocycles. The van der Waals surface area contributed by atoms with E-state index in [-0.39, 0.29) is 23.6 Å². The zero-order chi connectivity index (χ0) is 17.9. The minimum absolute atomic E-state index is 0.0230. The molecular formula is C16H22F2N2O3S. The summed E-state index contributed by atoms with van der Waals surface area (Å²) in [4.78, 5) is 14.4. The molecule has 1 aliphatic heterocycles. The zero-order valence-corrected chi connectivity index (χ0v) is 14.3. The summed E-state index contributed by atoms with van der Waals surface area (Å²) in [6, 6.07) is 5.60. The van der Waals surface area contributed by atoms with Crippen LogP contribution in [0.5, 0.6) is 0 Å². The summed E-state index contributed by atoms with van der Waals surface area (Å²) < 4.78 is 47.3. The summed E-state index contributed by atoms with van der Waals surface area (Å²) in [7, 11) is -4.47. The van der Waals surface area contributed by atoms with Crippen molar-refractivity contribution in [2.75, 3.05) is 6.54 Å². The van der Waals surface area contributed by atoms with Gasteiger partial charge in [0.15, 0.2) is 0 Å². The number of sulfone groups is 1. The van der Waals surface area contributed by atoms with Gasteiger partial charge in [0.2, 0.25) is 9.84 Å². The van der Waals surface area contributed by atoms with Crippen LogP contribution in [0, 0.1) is 0 Å². The predicted octanol–water partition coefficient (Wildman–Crippen LogP) is 2.17. The second kappa shape index (κ2) is 7.57. The number of carbonyl (C=O) groups is 1. The molecule has 2 unspecified atom stereocenters. The summed E-state index contributed by atoms with van der Waals surface area (Å²) in [5.41, 5.74) is 6.60. The number of halogens is 2. The molecule has 1 saturated heterocycles. The monoisotopic (exact) mass is 360 g/mol. The first-order chi connectivity index (χ1) is 11.2. The molecule has 2 atom stereocenters. The largest absolute Gasteiger partial charge is 0.337 e. The van der Waals surface area contributed by atoms with Crippen molar-refractivity contribution >= 4 is 15.7 Å². The van der Waals surface area contributed by atoms with Gasteiger partial charge < -0.3 is 10.6 Å². The Kier molecular flexibility index (Phi) is 5.92. The first-order valence-corrected chi connectivity index (χ1v) is 9.59. The standard InChI is InChI=1S/C16H22F2N2O3S/c1-11(19)14-4-2-3-9-20(14)15(21)13-7-5-12(6-8-13)10-24(22,23)16(17)18/h5-8,11,14,16H,2-4,9-10,19H2,1H3. The number of benzene rings is 1. The molecule has 1 aromatic rings. The third kappa shape index (κ3) is 4.30. The van der Waals surface area contributed by atoms with E-state index < -0.39 is 21.3 Å². The van der Waals surface area contributed by atoms with Gasteiger partial charge in [-0.25, -0.2) is 8.42 Å². The van der Waals surface area contributed by atoms with Gasteiger partial charge in [0, 0.05) is 24.2 Å². The third-order valence-electron chi connectivity index (χ3n) is 4.26. The number of hydrogen-bond donors (Lipinski definition) is 1. The molecule has 1 heterocycles. The maximum atomic E-state index is 12.7. The lowest BCUT2D eigenvalue weighted by Crippen LogP contribution is -2.51. The quantitative estimate of drug-likeness (QED) is 0.873. The van der Waals surface area contributed by atoms with E-state index in [4.69, 9.17) is 5.73 Å². The molecule has 2 rings (SSSR count). The number of amides is 1. The van der Waals surface area contributed by atoms with Gasteiger partial charge in [-0.2, -0.15) is 8.78 Å². The van der Waals surface area contributed by atoms with Gasteiger partial charge in [0.05, 0.1) is 5.75 Å². The lowest BCUT2D eigenvalue weighted by molar-refractivity contribution is 0.0584. The van der Waals surface area contributed by atoms with Gasteiger partial charge in [-0.15, -0.1) is 0 Å². The van der Waals surface area contributed by atoms with Crippen molar-refractivity contribution in [2.45, 2.75) is 49.8 Å². The highest BCUT2D eigenvalue weighted by molar-refractivity contribution is 7.90. The highest BCUT2D eigenvalue weighted by atomic mass is 32.2. The fourth-order valence-electron chi connectivity index (χ4n) is 2.96. The van der Waals surface area contributed by atoms with Crippen molar-refractivity contribution in [1.29, 1.82) is 0 Å². The van der Waals surface area contributed by atoms with Crippen molar-refractivity contribution in [3.63, 3.8) is 0 Å². The van der Waals surface area contributed by atoms with Gasteiger partial charge in [0.25, 0.3) is 5.91 Å². The number of nitrogens with zero attached hydrogens (tertiary/aromatic N) is 1. The average molecular weight is 360 g/mol. The first kappa shape index (κ1) is 18.8. The van der Waals surface area contributed by atoms with E-state index in [1.807, 2.05) is 6.92 Å². The van der Waals surface area contributed by atoms with Gasteiger partial charge in [-0.05, 0) is 43.9 Å². The van der Waals surface area contributed by atoms with E-state index >= 15 is 0 Å². The Morgan fingerprint density at radius 1 is 1.29 bits per heavy atom. The molecule has 2 N–H and O–H groups in total. The van der Waals surface area contributed by atoms with Crippen LogP contribution in [0.3, 0.4) is 0 Å². The molecule has 24 heavy (non-hydrogen) atoms. The van der Waals surface area contributed by atoms with Gasteiger partial charge in [0.1, 0.15) is 0 Å². The molecule has 1 fully saturated rings. The van der Waals surface area contributed by atoms with Gasteiger partial charge >= 0.3 is 5.76 Å². The Bertz CT molecular complexity index is 675. The summed E-state index contributed by atoms with van der Waals surface area (Å²) in [6.07, 6.45) is 2.80. The third-order valence-corrected chi connectivity index (χ3v) is 5.54. The van der Waals surface area contributed by atoms with E-state index in [1.165, 1.54) is 24.3 Å². The maximum Gasteiger partial charge on any atom is 0.337 e. The molecule has 8 heteroatoms. The SMILES string of the molecule is CC(N)C1CCCCN1C(=O)c1ccc(CS(=O)(=O)C(F)F)cc1. The fourth-order valence-corrected chi connectivity index (χ4v) is 3.74. The van der Waals surface area contributed by atoms with Crippen LogP contribution in [0.25, 0.3) is 0 Å². The maximum absolute atomic E-state index is 12.7. The second-order valence-electron chi connectivity index (χ2n) is 6.19. The molecule has 0 aromatic heterocycles. The summed E-state index contributed by atoms with van der Waals surface area (Å²) in [6.45, 7) is 2.50. The molecule has 1 aromatic carbocycles. The average Bonchev–Trinajstić information content (AvgIpc) is 2.54. The smallest absolute Gasteiger partial charge is 0.334 e. The van der Waals surface area contributed by atoms with Crippen LogP contribution in [-0.4, -0.2) is 43.6 Å². The Balaban J connectivity index is 2.13. The molecule has 134 valence electrons. The Morgan fingerprint density at radius 3 is 2.46 bits per heavy atom. The number of rotatable bonds is 5. The van der Waals surface area contributed by atoms with Crippen molar-refractivity contribution < 1.29 is 22.0 Å². The number of piperidine rings is 1. The van der Waals surface area contributed by atoms with E-state index in [9.17, 15) is 22.0 Å². The van der Waals surface area contributed by atoms with Crippen molar-refractivity contribution in [1.82, 2.24) is 4.90 Å². The zero-order valence-electron chi connectivity index (χ0n) is 13.5. The molecule has 5 nitrogen and oxygen atoms in total. The molecule has 0 bridgehead atoms. The minimum atomic E-state index is -4.47. The number of nitrogens with two attached hydrogens (primary N) is 1. The van der Waals surface area contributed by atoms with Crippen LogP contribution in [-0.2, 0) is 15.6 Å². The Labute approximate surface area is 140 Å². The van der Waals surface area contributed by atoms with Crippen molar-refractivity contribution in [3.05, 3.63) is 35.4 Å². The lowest BCUT2D eigenvalue weighted by Gasteiger charge is -2.38. The summed E-state index contributed by atoms with van der Waals surface area (Å²) in [5, 5.41) is 0. The van der Waals surface area contributed by atoms with E-state index in [2.05, 4.69) is 0 Å². The topological polar surface area (TPSA) is 80.5 Å². The van der Waals surface area contributed by atoms with Crippen LogP contribution in [0.1, 0.15) is 42.1 Å². The second-order valence-corrected chi connectivity index (χ2v) is 8.16. The summed E-state index contributed by atoms with van der Waals surface area (Å²) in [5.74, 6) is -4.31. The van der Waals surface area contributed by atoms with Crippen LogP contribution < -0.4 is 5.73 Å².